The monoisotopic (exact) mass is 676 g/mol. The number of carboxylic acid groups (broad SMARTS) is 2. The zero-order valence-corrected chi connectivity index (χ0v) is 28.1. The molecule has 1 aromatic rings. The average molecular weight is 677 g/mol. The summed E-state index contributed by atoms with van der Waals surface area (Å²) in [6.07, 6.45) is 0.263. The summed E-state index contributed by atoms with van der Waals surface area (Å²) in [6, 6.07) is 2.72. The van der Waals surface area contributed by atoms with Crippen LogP contribution in [0.15, 0.2) is 35.3 Å². The maximum Gasteiger partial charge on any atom is 0.326 e. The molecule has 0 radical (unpaired) electrons. The molecule has 0 fully saturated rings. The van der Waals surface area contributed by atoms with E-state index in [0.717, 1.165) is 0 Å². The van der Waals surface area contributed by atoms with Gasteiger partial charge in [0.2, 0.25) is 23.6 Å². The number of aliphatic imine (C=N–C) groups is 1. The van der Waals surface area contributed by atoms with Crippen LogP contribution in [0.2, 0.25) is 0 Å². The van der Waals surface area contributed by atoms with Crippen molar-refractivity contribution in [1.29, 1.82) is 0 Å². The number of benzene rings is 1. The lowest BCUT2D eigenvalue weighted by Gasteiger charge is -2.27. The minimum atomic E-state index is -1.53. The molecule has 12 N–H and O–H groups in total. The predicted octanol–water partition coefficient (Wildman–Crippen LogP) is -0.409. The number of amides is 4. The first kappa shape index (κ1) is 41.3. The number of nitrogens with one attached hydrogen (secondary N) is 4. The number of carbonyl (C=O) groups excluding carboxylic acids is 4. The number of carboxylic acids is 2. The summed E-state index contributed by atoms with van der Waals surface area (Å²) in [5.74, 6) is -5.76. The molecule has 16 nitrogen and oxygen atoms in total. The van der Waals surface area contributed by atoms with Crippen LogP contribution in [0, 0.1) is 11.8 Å². The van der Waals surface area contributed by atoms with Crippen LogP contribution in [0.1, 0.15) is 71.8 Å². The highest BCUT2D eigenvalue weighted by molar-refractivity contribution is 5.95. The second-order valence-electron chi connectivity index (χ2n) is 12.2. The van der Waals surface area contributed by atoms with Crippen molar-refractivity contribution in [2.45, 2.75) is 103 Å². The molecule has 268 valence electrons. The summed E-state index contributed by atoms with van der Waals surface area (Å²) in [5, 5.41) is 28.9. The zero-order chi connectivity index (χ0) is 36.4. The van der Waals surface area contributed by atoms with Gasteiger partial charge in [-0.3, -0.25) is 29.0 Å². The molecule has 1 aromatic carbocycles. The topological polar surface area (TPSA) is 281 Å². The molecule has 6 atom stereocenters. The van der Waals surface area contributed by atoms with Gasteiger partial charge in [-0.1, -0.05) is 64.4 Å². The zero-order valence-electron chi connectivity index (χ0n) is 28.1. The van der Waals surface area contributed by atoms with Crippen molar-refractivity contribution in [3.63, 3.8) is 0 Å². The number of nitrogens with zero attached hydrogens (tertiary/aromatic N) is 1. The molecule has 0 saturated heterocycles. The molecule has 0 aromatic heterocycles. The van der Waals surface area contributed by atoms with Crippen molar-refractivity contribution < 1.29 is 39.0 Å². The Bertz CT molecular complexity index is 1260. The number of guanidine groups is 1. The van der Waals surface area contributed by atoms with Crippen LogP contribution in [0.4, 0.5) is 0 Å². The standard InChI is InChI=1S/C32H52N8O8/c1-5-19(4)26(33)30(46)40-23(16-18(2)3)28(44)37-21(12-9-15-36-32(34)35)27(43)39-24(17-20-10-7-6-8-11-20)29(45)38-22(31(47)48)13-14-25(41)42/h6-8,10-11,18-19,21-24,26H,5,9,12-17,33H2,1-4H3,(H,37,44)(H,38,45)(H,39,43)(H,40,46)(H,41,42)(H,47,48)(H4,34,35,36)/t19-,21-,22-,23-,24-,26-/m0/s1. The molecule has 0 heterocycles. The van der Waals surface area contributed by atoms with Gasteiger partial charge in [-0.15, -0.1) is 0 Å². The van der Waals surface area contributed by atoms with Crippen molar-refractivity contribution in [1.82, 2.24) is 21.3 Å². The fourth-order valence-corrected chi connectivity index (χ4v) is 4.66. The number of aliphatic carboxylic acids is 2. The van der Waals surface area contributed by atoms with Crippen molar-refractivity contribution in [2.75, 3.05) is 6.54 Å². The van der Waals surface area contributed by atoms with E-state index in [1.807, 2.05) is 27.7 Å². The molecule has 16 heteroatoms. The summed E-state index contributed by atoms with van der Waals surface area (Å²) in [4.78, 5) is 80.4. The summed E-state index contributed by atoms with van der Waals surface area (Å²) < 4.78 is 0. The Hall–Kier alpha value is -4.73. The fraction of sp³-hybridized carbons (Fsp3) is 0.594. The Balaban J connectivity index is 3.34. The maximum absolute atomic E-state index is 13.8. The third kappa shape index (κ3) is 15.7. The van der Waals surface area contributed by atoms with E-state index < -0.39 is 72.2 Å². The van der Waals surface area contributed by atoms with Crippen LogP contribution in [0.25, 0.3) is 0 Å². The van der Waals surface area contributed by atoms with E-state index in [9.17, 15) is 33.9 Å². The second kappa shape index (κ2) is 21.2. The van der Waals surface area contributed by atoms with Crippen molar-refractivity contribution in [3.05, 3.63) is 35.9 Å². The molecule has 0 aliphatic carbocycles. The van der Waals surface area contributed by atoms with Crippen LogP contribution in [-0.4, -0.2) is 88.5 Å². The van der Waals surface area contributed by atoms with Gasteiger partial charge in [0.15, 0.2) is 5.96 Å². The fourth-order valence-electron chi connectivity index (χ4n) is 4.66. The van der Waals surface area contributed by atoms with Crippen LogP contribution in [0.5, 0.6) is 0 Å². The average Bonchev–Trinajstić information content (AvgIpc) is 3.02. The Kier molecular flexibility index (Phi) is 18.2. The number of rotatable bonds is 22. The smallest absolute Gasteiger partial charge is 0.326 e. The third-order valence-electron chi connectivity index (χ3n) is 7.66. The highest BCUT2D eigenvalue weighted by Gasteiger charge is 2.32. The predicted molar refractivity (Wildman–Crippen MR) is 179 cm³/mol. The molecule has 48 heavy (non-hydrogen) atoms. The third-order valence-corrected chi connectivity index (χ3v) is 7.66. The van der Waals surface area contributed by atoms with Gasteiger partial charge in [-0.25, -0.2) is 4.79 Å². The molecule has 0 aliphatic rings. The number of hydrogen-bond acceptors (Lipinski definition) is 8. The van der Waals surface area contributed by atoms with Gasteiger partial charge in [-0.05, 0) is 43.1 Å². The van der Waals surface area contributed by atoms with Crippen molar-refractivity contribution in [2.24, 2.45) is 34.0 Å². The van der Waals surface area contributed by atoms with Gasteiger partial charge in [0.1, 0.15) is 24.2 Å². The van der Waals surface area contributed by atoms with Gasteiger partial charge in [0, 0.05) is 19.4 Å². The molecule has 0 aliphatic heterocycles. The number of nitrogens with two attached hydrogens (primary N) is 3. The minimum absolute atomic E-state index is 0.0164. The Morgan fingerprint density at radius 2 is 1.31 bits per heavy atom. The summed E-state index contributed by atoms with van der Waals surface area (Å²) in [5.41, 5.74) is 17.6. The van der Waals surface area contributed by atoms with E-state index in [4.69, 9.17) is 22.3 Å². The molecule has 0 unspecified atom stereocenters. The van der Waals surface area contributed by atoms with Gasteiger partial charge in [0.25, 0.3) is 0 Å². The van der Waals surface area contributed by atoms with Gasteiger partial charge < -0.3 is 48.7 Å². The van der Waals surface area contributed by atoms with Gasteiger partial charge in [0.05, 0.1) is 6.04 Å². The first-order valence-corrected chi connectivity index (χ1v) is 16.1. The van der Waals surface area contributed by atoms with Crippen LogP contribution < -0.4 is 38.5 Å². The van der Waals surface area contributed by atoms with E-state index in [2.05, 4.69) is 26.3 Å². The molecule has 0 saturated carbocycles. The minimum Gasteiger partial charge on any atom is -0.481 e. The Morgan fingerprint density at radius 1 is 0.771 bits per heavy atom. The van der Waals surface area contributed by atoms with E-state index >= 15 is 0 Å². The SMILES string of the molecule is CC[C@H](C)[C@H](N)C(=O)N[C@@H](CC(C)C)C(=O)N[C@@H](CCCN=C(N)N)C(=O)N[C@@H](Cc1ccccc1)C(=O)N[C@@H](CCC(=O)O)C(=O)O. The van der Waals surface area contributed by atoms with E-state index in [1.54, 1.807) is 30.3 Å². The second-order valence-corrected chi connectivity index (χ2v) is 12.2. The number of hydrogen-bond donors (Lipinski definition) is 9. The first-order valence-electron chi connectivity index (χ1n) is 16.1. The van der Waals surface area contributed by atoms with Crippen LogP contribution in [0.3, 0.4) is 0 Å². The molecule has 0 bridgehead atoms. The Labute approximate surface area is 281 Å². The largest absolute Gasteiger partial charge is 0.481 e. The highest BCUT2D eigenvalue weighted by atomic mass is 16.4. The quantitative estimate of drug-likeness (QED) is 0.0432. The molecule has 1 rings (SSSR count). The summed E-state index contributed by atoms with van der Waals surface area (Å²) >= 11 is 0. The van der Waals surface area contributed by atoms with Gasteiger partial charge in [-0.2, -0.15) is 0 Å². The maximum atomic E-state index is 13.8. The lowest BCUT2D eigenvalue weighted by atomic mass is 9.97. The molecule has 0 spiro atoms. The van der Waals surface area contributed by atoms with E-state index in [0.29, 0.717) is 12.0 Å². The molecule has 4 amide bonds. The normalized spacial score (nSPS) is 14.7. The molecular weight excluding hydrogens is 624 g/mol. The highest BCUT2D eigenvalue weighted by Crippen LogP contribution is 2.11. The molecular formula is C32H52N8O8. The van der Waals surface area contributed by atoms with Crippen molar-refractivity contribution in [3.8, 4) is 0 Å². The lowest BCUT2D eigenvalue weighted by Crippen LogP contribution is -2.59. The lowest BCUT2D eigenvalue weighted by molar-refractivity contribution is -0.143. The summed E-state index contributed by atoms with van der Waals surface area (Å²) in [6.45, 7) is 7.59. The van der Waals surface area contributed by atoms with Crippen molar-refractivity contribution >= 4 is 41.5 Å². The summed E-state index contributed by atoms with van der Waals surface area (Å²) in [7, 11) is 0. The number of carbonyl (C=O) groups is 6. The van der Waals surface area contributed by atoms with Crippen LogP contribution >= 0.6 is 0 Å². The van der Waals surface area contributed by atoms with E-state index in [-0.39, 0.29) is 56.4 Å². The van der Waals surface area contributed by atoms with E-state index in [1.165, 1.54) is 0 Å². The Morgan fingerprint density at radius 3 is 1.85 bits per heavy atom. The van der Waals surface area contributed by atoms with Crippen LogP contribution in [-0.2, 0) is 35.2 Å². The van der Waals surface area contributed by atoms with Gasteiger partial charge >= 0.3 is 11.9 Å². The first-order chi connectivity index (χ1) is 22.5.